The van der Waals surface area contributed by atoms with E-state index >= 15 is 0 Å². The van der Waals surface area contributed by atoms with Gasteiger partial charge in [-0.1, -0.05) is 47.6 Å². The molecule has 5 nitrogen and oxygen atoms in total. The molecule has 0 spiro atoms. The van der Waals surface area contributed by atoms with Gasteiger partial charge in [0.1, 0.15) is 0 Å². The van der Waals surface area contributed by atoms with Crippen molar-refractivity contribution in [2.24, 2.45) is 5.73 Å². The van der Waals surface area contributed by atoms with Crippen LogP contribution in [0.4, 0.5) is 5.69 Å². The standard InChI is InChI=1S/C23H44N2O3Si2/c1-22(2,3)29(8,9)27-16-18-12-19(17-28-30(10,11)23(4,5)6)14-20(13-18)25(7)21(26)15-24/h12-14H,15-17,24H2,1-11H3. The number of hydrogen-bond acceptors (Lipinski definition) is 4. The molecule has 0 saturated carbocycles. The predicted octanol–water partition coefficient (Wildman–Crippen LogP) is 5.65. The molecular weight excluding hydrogens is 408 g/mol. The van der Waals surface area contributed by atoms with Gasteiger partial charge in [-0.15, -0.1) is 0 Å². The maximum atomic E-state index is 12.2. The molecule has 0 aliphatic rings. The van der Waals surface area contributed by atoms with Crippen LogP contribution in [0, 0.1) is 0 Å². The predicted molar refractivity (Wildman–Crippen MR) is 133 cm³/mol. The molecule has 0 fully saturated rings. The van der Waals surface area contributed by atoms with Crippen molar-refractivity contribution in [1.82, 2.24) is 0 Å². The number of amides is 1. The number of carbonyl (C=O) groups excluding carboxylic acids is 1. The van der Waals surface area contributed by atoms with E-state index in [0.717, 1.165) is 16.8 Å². The molecule has 7 heteroatoms. The first-order valence-corrected chi connectivity index (χ1v) is 16.6. The van der Waals surface area contributed by atoms with E-state index in [4.69, 9.17) is 14.6 Å². The quantitative estimate of drug-likeness (QED) is 0.517. The lowest BCUT2D eigenvalue weighted by molar-refractivity contribution is -0.117. The van der Waals surface area contributed by atoms with Gasteiger partial charge in [0.25, 0.3) is 0 Å². The van der Waals surface area contributed by atoms with Gasteiger partial charge in [-0.25, -0.2) is 0 Å². The second kappa shape index (κ2) is 9.65. The van der Waals surface area contributed by atoms with Gasteiger partial charge in [0.05, 0.1) is 19.8 Å². The third-order valence-electron chi connectivity index (χ3n) is 6.79. The van der Waals surface area contributed by atoms with E-state index in [1.165, 1.54) is 0 Å². The third kappa shape index (κ3) is 7.02. The van der Waals surface area contributed by atoms with Crippen molar-refractivity contribution in [1.29, 1.82) is 0 Å². The number of carbonyl (C=O) groups is 1. The summed E-state index contributed by atoms with van der Waals surface area (Å²) in [4.78, 5) is 13.8. The van der Waals surface area contributed by atoms with Gasteiger partial charge in [-0.05, 0) is 59.5 Å². The van der Waals surface area contributed by atoms with Crippen LogP contribution < -0.4 is 10.6 Å². The summed E-state index contributed by atoms with van der Waals surface area (Å²) in [5.41, 5.74) is 8.53. The van der Waals surface area contributed by atoms with Crippen LogP contribution in [0.5, 0.6) is 0 Å². The minimum atomic E-state index is -1.88. The largest absolute Gasteiger partial charge is 0.413 e. The van der Waals surface area contributed by atoms with Crippen molar-refractivity contribution >= 4 is 28.2 Å². The van der Waals surface area contributed by atoms with Crippen LogP contribution in [0.15, 0.2) is 18.2 Å². The number of nitrogens with zero attached hydrogens (tertiary/aromatic N) is 1. The van der Waals surface area contributed by atoms with Gasteiger partial charge < -0.3 is 19.5 Å². The van der Waals surface area contributed by atoms with E-state index in [2.05, 4.69) is 73.8 Å². The van der Waals surface area contributed by atoms with Crippen molar-refractivity contribution in [3.05, 3.63) is 29.3 Å². The Hall–Kier alpha value is -0.996. The molecule has 0 atom stereocenters. The highest BCUT2D eigenvalue weighted by atomic mass is 28.4. The van der Waals surface area contributed by atoms with E-state index in [1.807, 2.05) is 12.1 Å². The lowest BCUT2D eigenvalue weighted by Crippen LogP contribution is -2.40. The van der Waals surface area contributed by atoms with Crippen LogP contribution in [-0.2, 0) is 26.9 Å². The molecule has 0 bridgehead atoms. The fourth-order valence-electron chi connectivity index (χ4n) is 2.34. The number of hydrogen-bond donors (Lipinski definition) is 1. The summed E-state index contributed by atoms with van der Waals surface area (Å²) in [6.07, 6.45) is 0. The van der Waals surface area contributed by atoms with Crippen LogP contribution in [0.25, 0.3) is 0 Å². The van der Waals surface area contributed by atoms with E-state index in [1.54, 1.807) is 11.9 Å². The topological polar surface area (TPSA) is 64.8 Å². The Labute approximate surface area is 186 Å². The Bertz CT molecular complexity index is 687. The summed E-state index contributed by atoms with van der Waals surface area (Å²) in [6, 6.07) is 6.19. The van der Waals surface area contributed by atoms with Gasteiger partial charge >= 0.3 is 0 Å². The van der Waals surface area contributed by atoms with Crippen LogP contribution >= 0.6 is 0 Å². The van der Waals surface area contributed by atoms with Crippen LogP contribution in [-0.4, -0.2) is 36.1 Å². The molecule has 2 N–H and O–H groups in total. The van der Waals surface area contributed by atoms with Gasteiger partial charge in [-0.3, -0.25) is 4.79 Å². The number of rotatable bonds is 8. The summed E-state index contributed by atoms with van der Waals surface area (Å²) >= 11 is 0. The number of anilines is 1. The van der Waals surface area contributed by atoms with Gasteiger partial charge in [-0.2, -0.15) is 0 Å². The average Bonchev–Trinajstić information content (AvgIpc) is 2.61. The lowest BCUT2D eigenvalue weighted by Gasteiger charge is -2.36. The molecule has 0 unspecified atom stereocenters. The van der Waals surface area contributed by atoms with Crippen molar-refractivity contribution in [3.8, 4) is 0 Å². The first-order valence-electron chi connectivity index (χ1n) is 10.8. The van der Waals surface area contributed by atoms with Crippen LogP contribution in [0.1, 0.15) is 52.7 Å². The van der Waals surface area contributed by atoms with Crippen LogP contribution in [0.3, 0.4) is 0 Å². The zero-order valence-corrected chi connectivity index (χ0v) is 23.1. The highest BCUT2D eigenvalue weighted by molar-refractivity contribution is 6.74. The fourth-order valence-corrected chi connectivity index (χ4v) is 4.27. The summed E-state index contributed by atoms with van der Waals surface area (Å²) in [5.74, 6) is -0.117. The number of nitrogens with two attached hydrogens (primary N) is 1. The van der Waals surface area contributed by atoms with E-state index in [9.17, 15) is 4.79 Å². The summed E-state index contributed by atoms with van der Waals surface area (Å²) < 4.78 is 12.9. The molecule has 0 aliphatic heterocycles. The Kier molecular flexibility index (Phi) is 8.70. The molecule has 1 aromatic carbocycles. The molecule has 0 saturated heterocycles. The zero-order chi connectivity index (χ0) is 23.5. The van der Waals surface area contributed by atoms with Crippen LogP contribution in [0.2, 0.25) is 36.3 Å². The Balaban J connectivity index is 3.19. The highest BCUT2D eigenvalue weighted by Gasteiger charge is 2.38. The Morgan fingerprint density at radius 2 is 1.23 bits per heavy atom. The molecular formula is C23H44N2O3Si2. The summed E-state index contributed by atoms with van der Waals surface area (Å²) in [7, 11) is -1.99. The molecule has 1 rings (SSSR count). The Morgan fingerprint density at radius 1 is 0.867 bits per heavy atom. The van der Waals surface area contributed by atoms with Crippen molar-refractivity contribution < 1.29 is 13.6 Å². The van der Waals surface area contributed by atoms with Crippen molar-refractivity contribution in [2.75, 3.05) is 18.5 Å². The Morgan fingerprint density at radius 3 is 1.53 bits per heavy atom. The molecule has 0 radical (unpaired) electrons. The second-order valence-corrected chi connectivity index (χ2v) is 20.9. The smallest absolute Gasteiger partial charge is 0.240 e. The molecule has 1 aromatic rings. The molecule has 0 aliphatic carbocycles. The minimum Gasteiger partial charge on any atom is -0.413 e. The fraction of sp³-hybridized carbons (Fsp3) is 0.696. The molecule has 0 aromatic heterocycles. The van der Waals surface area contributed by atoms with Gasteiger partial charge in [0, 0.05) is 12.7 Å². The molecule has 0 heterocycles. The zero-order valence-electron chi connectivity index (χ0n) is 21.1. The monoisotopic (exact) mass is 452 g/mol. The molecule has 172 valence electrons. The lowest BCUT2D eigenvalue weighted by atomic mass is 10.1. The maximum Gasteiger partial charge on any atom is 0.240 e. The summed E-state index contributed by atoms with van der Waals surface area (Å²) in [5, 5.41) is 0.288. The average molecular weight is 453 g/mol. The van der Waals surface area contributed by atoms with Crippen molar-refractivity contribution in [3.63, 3.8) is 0 Å². The normalized spacial score (nSPS) is 13.5. The molecule has 30 heavy (non-hydrogen) atoms. The molecule has 1 amide bonds. The van der Waals surface area contributed by atoms with E-state index < -0.39 is 16.6 Å². The second-order valence-electron chi connectivity index (χ2n) is 11.3. The number of likely N-dealkylation sites (N-methyl/N-ethyl adjacent to an activating group) is 1. The summed E-state index contributed by atoms with van der Waals surface area (Å²) in [6.45, 7) is 23.5. The SMILES string of the molecule is CN(C(=O)CN)c1cc(CO[Si](C)(C)C(C)(C)C)cc(CO[Si](C)(C)C(C)(C)C)c1. The van der Waals surface area contributed by atoms with E-state index in [0.29, 0.717) is 13.2 Å². The van der Waals surface area contributed by atoms with Crippen molar-refractivity contribution in [2.45, 2.75) is 91.0 Å². The number of benzene rings is 1. The third-order valence-corrected chi connectivity index (χ3v) is 15.7. The first-order chi connectivity index (χ1) is 13.4. The first kappa shape index (κ1) is 27.0. The maximum absolute atomic E-state index is 12.2. The highest BCUT2D eigenvalue weighted by Crippen LogP contribution is 2.38. The van der Waals surface area contributed by atoms with Gasteiger partial charge in [0.15, 0.2) is 16.6 Å². The van der Waals surface area contributed by atoms with E-state index in [-0.39, 0.29) is 22.5 Å². The minimum absolute atomic E-state index is 0.0169. The van der Waals surface area contributed by atoms with Gasteiger partial charge in [0.2, 0.25) is 5.91 Å².